The first-order valence-corrected chi connectivity index (χ1v) is 15.5. The summed E-state index contributed by atoms with van der Waals surface area (Å²) in [5.41, 5.74) is 1.23. The van der Waals surface area contributed by atoms with Crippen LogP contribution in [0.25, 0.3) is 10.8 Å². The molecule has 0 spiro atoms. The van der Waals surface area contributed by atoms with Crippen LogP contribution in [0.3, 0.4) is 0 Å². The topological polar surface area (TPSA) is 54.4 Å². The maximum absolute atomic E-state index is 11.5. The zero-order valence-corrected chi connectivity index (χ0v) is 22.4. The van der Waals surface area contributed by atoms with E-state index in [9.17, 15) is 13.0 Å². The average Bonchev–Trinajstić information content (AvgIpc) is 2.82. The molecule has 0 saturated carbocycles. The highest BCUT2D eigenvalue weighted by molar-refractivity contribution is 7.86. The minimum Gasteiger partial charge on any atom is -0.282 e. The molecule has 1 N–H and O–H groups in total. The molecule has 2 rings (SSSR count). The summed E-state index contributed by atoms with van der Waals surface area (Å²) in [6.07, 6.45) is 25.9. The van der Waals surface area contributed by atoms with Gasteiger partial charge < -0.3 is 0 Å². The van der Waals surface area contributed by atoms with Crippen LogP contribution in [0.15, 0.2) is 41.3 Å². The summed E-state index contributed by atoms with van der Waals surface area (Å²) in [7, 11) is -4.19. The largest absolute Gasteiger partial charge is 0.295 e. The maximum atomic E-state index is 11.5. The van der Waals surface area contributed by atoms with Gasteiger partial charge >= 0.3 is 0 Å². The molecule has 0 fully saturated rings. The van der Waals surface area contributed by atoms with Crippen molar-refractivity contribution in [3.63, 3.8) is 0 Å². The van der Waals surface area contributed by atoms with Gasteiger partial charge in [-0.2, -0.15) is 8.42 Å². The zero-order chi connectivity index (χ0) is 24.5. The normalized spacial score (nSPS) is 11.9. The summed E-state index contributed by atoms with van der Waals surface area (Å²) in [6.45, 7) is 2.28. The molecule has 3 nitrogen and oxygen atoms in total. The molecular formula is C30H48O3S. The van der Waals surface area contributed by atoms with Crippen LogP contribution in [0.2, 0.25) is 0 Å². The fourth-order valence-corrected chi connectivity index (χ4v) is 5.63. The van der Waals surface area contributed by atoms with E-state index in [1.165, 1.54) is 127 Å². The van der Waals surface area contributed by atoms with E-state index in [1.54, 1.807) is 6.07 Å². The molecule has 0 aliphatic rings. The molecule has 192 valence electrons. The van der Waals surface area contributed by atoms with E-state index < -0.39 is 10.1 Å². The SMILES string of the molecule is CCCCCCCCCCCCCCCCCCCCc1ccc2c(S(=O)(=O)O)cccc2c1. The molecule has 0 aromatic heterocycles. The molecule has 0 amide bonds. The monoisotopic (exact) mass is 488 g/mol. The van der Waals surface area contributed by atoms with Crippen molar-refractivity contribution in [3.8, 4) is 0 Å². The molecule has 4 heteroatoms. The number of hydrogen-bond donors (Lipinski definition) is 1. The summed E-state index contributed by atoms with van der Waals surface area (Å²) < 4.78 is 32.5. The first kappa shape index (κ1) is 28.8. The van der Waals surface area contributed by atoms with Gasteiger partial charge in [-0.25, -0.2) is 0 Å². The van der Waals surface area contributed by atoms with Crippen LogP contribution in [0.1, 0.15) is 128 Å². The van der Waals surface area contributed by atoms with Crippen molar-refractivity contribution in [3.05, 3.63) is 42.0 Å². The molecule has 0 heterocycles. The molecule has 0 unspecified atom stereocenters. The smallest absolute Gasteiger partial charge is 0.282 e. The Morgan fingerprint density at radius 3 is 1.56 bits per heavy atom. The molecular weight excluding hydrogens is 440 g/mol. The van der Waals surface area contributed by atoms with E-state index in [-0.39, 0.29) is 4.90 Å². The van der Waals surface area contributed by atoms with Crippen molar-refractivity contribution in [2.45, 2.75) is 134 Å². The van der Waals surface area contributed by atoms with Gasteiger partial charge in [0.05, 0.1) is 0 Å². The molecule has 2 aromatic carbocycles. The number of aryl methyl sites for hydroxylation is 1. The quantitative estimate of drug-likeness (QED) is 0.149. The van der Waals surface area contributed by atoms with Crippen molar-refractivity contribution in [1.29, 1.82) is 0 Å². The standard InChI is InChI=1S/C30H48O3S/c1-2-3-4-5-6-7-8-9-10-11-12-13-14-15-16-17-18-19-21-27-24-25-29-28(26-27)22-20-23-30(29)34(31,32)33/h20,22-26H,2-19,21H2,1H3,(H,31,32,33). The third-order valence-corrected chi connectivity index (χ3v) is 7.91. The van der Waals surface area contributed by atoms with E-state index in [0.29, 0.717) is 5.39 Å². The number of fused-ring (bicyclic) bond motifs is 1. The van der Waals surface area contributed by atoms with Gasteiger partial charge in [0.15, 0.2) is 0 Å². The first-order valence-electron chi connectivity index (χ1n) is 14.0. The van der Waals surface area contributed by atoms with Gasteiger partial charge in [-0.15, -0.1) is 0 Å². The van der Waals surface area contributed by atoms with Gasteiger partial charge in [0, 0.05) is 5.39 Å². The van der Waals surface area contributed by atoms with Gasteiger partial charge in [-0.05, 0) is 29.9 Å². The van der Waals surface area contributed by atoms with E-state index in [4.69, 9.17) is 0 Å². The average molecular weight is 489 g/mol. The second-order valence-electron chi connectivity index (χ2n) is 10.0. The maximum Gasteiger partial charge on any atom is 0.295 e. The molecule has 0 aliphatic heterocycles. The molecule has 0 bridgehead atoms. The van der Waals surface area contributed by atoms with Gasteiger partial charge in [0.1, 0.15) is 4.90 Å². The Kier molecular flexibility index (Phi) is 14.5. The Hall–Kier alpha value is -1.39. The third kappa shape index (κ3) is 11.8. The van der Waals surface area contributed by atoms with Crippen molar-refractivity contribution < 1.29 is 13.0 Å². The fourth-order valence-electron chi connectivity index (χ4n) is 4.91. The van der Waals surface area contributed by atoms with Gasteiger partial charge in [0.2, 0.25) is 0 Å². The van der Waals surface area contributed by atoms with Crippen molar-refractivity contribution in [1.82, 2.24) is 0 Å². The number of benzene rings is 2. The molecule has 34 heavy (non-hydrogen) atoms. The van der Waals surface area contributed by atoms with Crippen LogP contribution < -0.4 is 0 Å². The highest BCUT2D eigenvalue weighted by Gasteiger charge is 2.13. The van der Waals surface area contributed by atoms with Gasteiger partial charge in [-0.3, -0.25) is 4.55 Å². The van der Waals surface area contributed by atoms with E-state index in [2.05, 4.69) is 13.0 Å². The van der Waals surface area contributed by atoms with E-state index in [0.717, 1.165) is 11.8 Å². The van der Waals surface area contributed by atoms with Crippen LogP contribution in [0.4, 0.5) is 0 Å². The summed E-state index contributed by atoms with van der Waals surface area (Å²) in [6, 6.07) is 10.9. The molecule has 0 radical (unpaired) electrons. The summed E-state index contributed by atoms with van der Waals surface area (Å²) in [4.78, 5) is -0.00952. The molecule has 0 saturated heterocycles. The Morgan fingerprint density at radius 1 is 0.618 bits per heavy atom. The lowest BCUT2D eigenvalue weighted by Crippen LogP contribution is -1.99. The molecule has 0 atom stereocenters. The number of hydrogen-bond acceptors (Lipinski definition) is 2. The number of rotatable bonds is 20. The van der Waals surface area contributed by atoms with Crippen LogP contribution in [-0.2, 0) is 16.5 Å². The van der Waals surface area contributed by atoms with Gasteiger partial charge in [0.25, 0.3) is 10.1 Å². The van der Waals surface area contributed by atoms with Crippen LogP contribution in [-0.4, -0.2) is 13.0 Å². The minimum absolute atomic E-state index is 0.00952. The summed E-state index contributed by atoms with van der Waals surface area (Å²) in [5.74, 6) is 0. The Morgan fingerprint density at radius 2 is 1.09 bits per heavy atom. The van der Waals surface area contributed by atoms with E-state index in [1.807, 2.05) is 18.2 Å². The summed E-state index contributed by atoms with van der Waals surface area (Å²) >= 11 is 0. The predicted molar refractivity (Wildman–Crippen MR) is 146 cm³/mol. The lowest BCUT2D eigenvalue weighted by Gasteiger charge is -2.07. The third-order valence-electron chi connectivity index (χ3n) is 7.00. The second kappa shape index (κ2) is 17.1. The van der Waals surface area contributed by atoms with Crippen molar-refractivity contribution in [2.75, 3.05) is 0 Å². The van der Waals surface area contributed by atoms with Crippen LogP contribution >= 0.6 is 0 Å². The molecule has 0 aliphatic carbocycles. The number of unbranched alkanes of at least 4 members (excludes halogenated alkanes) is 17. The minimum atomic E-state index is -4.19. The zero-order valence-electron chi connectivity index (χ0n) is 21.6. The fraction of sp³-hybridized carbons (Fsp3) is 0.667. The lowest BCUT2D eigenvalue weighted by atomic mass is 10.0. The van der Waals surface area contributed by atoms with Crippen molar-refractivity contribution in [2.24, 2.45) is 0 Å². The molecule has 2 aromatic rings. The van der Waals surface area contributed by atoms with Crippen LogP contribution in [0, 0.1) is 0 Å². The summed E-state index contributed by atoms with van der Waals surface area (Å²) in [5, 5.41) is 1.46. The van der Waals surface area contributed by atoms with Crippen molar-refractivity contribution >= 4 is 20.9 Å². The van der Waals surface area contributed by atoms with Crippen LogP contribution in [0.5, 0.6) is 0 Å². The van der Waals surface area contributed by atoms with E-state index >= 15 is 0 Å². The lowest BCUT2D eigenvalue weighted by molar-refractivity contribution is 0.484. The second-order valence-corrected chi connectivity index (χ2v) is 11.4. The highest BCUT2D eigenvalue weighted by atomic mass is 32.2. The Labute approximate surface area is 209 Å². The first-order chi connectivity index (χ1) is 16.5. The predicted octanol–water partition coefficient (Wildman–Crippen LogP) is 9.67. The Balaban J connectivity index is 1.44. The highest BCUT2D eigenvalue weighted by Crippen LogP contribution is 2.25. The Bertz CT molecular complexity index is 904. The van der Waals surface area contributed by atoms with Gasteiger partial charge in [-0.1, -0.05) is 146 Å².